The zero-order valence-electron chi connectivity index (χ0n) is 17.5. The summed E-state index contributed by atoms with van der Waals surface area (Å²) in [6, 6.07) is 18.4. The van der Waals surface area contributed by atoms with E-state index in [0.29, 0.717) is 18.2 Å². The predicted molar refractivity (Wildman–Crippen MR) is 122 cm³/mol. The number of thioether (sulfide) groups is 1. The van der Waals surface area contributed by atoms with Crippen molar-refractivity contribution in [2.24, 2.45) is 0 Å². The SMILES string of the molecule is CSCC(C)N1CCC(Oc2cccc(C(=O)NCCc3ccccc3)c2)CC1. The third-order valence-corrected chi connectivity index (χ3v) is 6.26. The molecule has 0 aliphatic carbocycles. The lowest BCUT2D eigenvalue weighted by Gasteiger charge is -2.35. The molecule has 1 unspecified atom stereocenters. The zero-order valence-corrected chi connectivity index (χ0v) is 18.3. The Morgan fingerprint density at radius 3 is 2.66 bits per heavy atom. The molecule has 1 fully saturated rings. The summed E-state index contributed by atoms with van der Waals surface area (Å²) in [5.41, 5.74) is 1.88. The molecule has 2 aromatic rings. The molecule has 1 aliphatic rings. The van der Waals surface area contributed by atoms with Gasteiger partial charge in [0.25, 0.3) is 5.91 Å². The number of carbonyl (C=O) groups excluding carboxylic acids is 1. The smallest absolute Gasteiger partial charge is 0.251 e. The van der Waals surface area contributed by atoms with E-state index in [1.54, 1.807) is 0 Å². The number of likely N-dealkylation sites (tertiary alicyclic amines) is 1. The summed E-state index contributed by atoms with van der Waals surface area (Å²) in [4.78, 5) is 15.0. The maximum Gasteiger partial charge on any atom is 0.251 e. The zero-order chi connectivity index (χ0) is 20.5. The van der Waals surface area contributed by atoms with Gasteiger partial charge in [-0.1, -0.05) is 36.4 Å². The first-order chi connectivity index (χ1) is 14.2. The van der Waals surface area contributed by atoms with Crippen molar-refractivity contribution in [3.63, 3.8) is 0 Å². The molecule has 1 N–H and O–H groups in total. The van der Waals surface area contributed by atoms with Gasteiger partial charge in [0, 0.05) is 37.0 Å². The minimum Gasteiger partial charge on any atom is -0.490 e. The van der Waals surface area contributed by atoms with E-state index in [1.165, 1.54) is 11.3 Å². The number of carbonyl (C=O) groups is 1. The van der Waals surface area contributed by atoms with Gasteiger partial charge in [-0.05, 0) is 56.2 Å². The van der Waals surface area contributed by atoms with E-state index in [9.17, 15) is 4.79 Å². The molecule has 3 rings (SSSR count). The van der Waals surface area contributed by atoms with Crippen molar-refractivity contribution in [2.45, 2.75) is 38.3 Å². The predicted octanol–water partition coefficient (Wildman–Crippen LogP) is 4.25. The van der Waals surface area contributed by atoms with Gasteiger partial charge in [0.15, 0.2) is 0 Å². The van der Waals surface area contributed by atoms with E-state index in [-0.39, 0.29) is 12.0 Å². The quantitative estimate of drug-likeness (QED) is 0.668. The average molecular weight is 413 g/mol. The summed E-state index contributed by atoms with van der Waals surface area (Å²) in [5.74, 6) is 1.91. The van der Waals surface area contributed by atoms with Crippen LogP contribution in [0.25, 0.3) is 0 Å². The average Bonchev–Trinajstić information content (AvgIpc) is 2.75. The van der Waals surface area contributed by atoms with E-state index in [0.717, 1.165) is 38.1 Å². The number of hydrogen-bond donors (Lipinski definition) is 1. The maximum atomic E-state index is 12.5. The topological polar surface area (TPSA) is 41.6 Å². The Bertz CT molecular complexity index is 760. The number of rotatable bonds is 9. The molecule has 1 amide bonds. The molecule has 1 atom stereocenters. The standard InChI is InChI=1S/C24H32N2O2S/c1-19(18-29-2)26-15-12-22(13-16-26)28-23-10-6-9-21(17-23)24(27)25-14-11-20-7-4-3-5-8-20/h3-10,17,19,22H,11-16,18H2,1-2H3,(H,25,27). The van der Waals surface area contributed by atoms with Crippen LogP contribution in [0.2, 0.25) is 0 Å². The second-order valence-electron chi connectivity index (χ2n) is 7.68. The van der Waals surface area contributed by atoms with Gasteiger partial charge < -0.3 is 10.1 Å². The maximum absolute atomic E-state index is 12.5. The van der Waals surface area contributed by atoms with Gasteiger partial charge in [-0.15, -0.1) is 0 Å². The van der Waals surface area contributed by atoms with Crippen LogP contribution in [0.4, 0.5) is 0 Å². The first-order valence-electron chi connectivity index (χ1n) is 10.5. The third-order valence-electron chi connectivity index (χ3n) is 5.45. The Balaban J connectivity index is 1.46. The van der Waals surface area contributed by atoms with E-state index in [2.05, 4.69) is 35.5 Å². The molecular formula is C24H32N2O2S. The molecule has 0 bridgehead atoms. The van der Waals surface area contributed by atoms with E-state index < -0.39 is 0 Å². The highest BCUT2D eigenvalue weighted by Gasteiger charge is 2.23. The molecule has 0 aromatic heterocycles. The summed E-state index contributed by atoms with van der Waals surface area (Å²) in [6.07, 6.45) is 5.29. The Kier molecular flexibility index (Phi) is 8.44. The van der Waals surface area contributed by atoms with Crippen LogP contribution in [0.5, 0.6) is 5.75 Å². The monoisotopic (exact) mass is 412 g/mol. The van der Waals surface area contributed by atoms with E-state index in [1.807, 2.05) is 54.2 Å². The number of benzene rings is 2. The molecule has 1 aliphatic heterocycles. The van der Waals surface area contributed by atoms with Crippen LogP contribution in [0.1, 0.15) is 35.7 Å². The summed E-state index contributed by atoms with van der Waals surface area (Å²) in [7, 11) is 0. The van der Waals surface area contributed by atoms with Crippen LogP contribution in [0.3, 0.4) is 0 Å². The Morgan fingerprint density at radius 2 is 1.93 bits per heavy atom. The fraction of sp³-hybridized carbons (Fsp3) is 0.458. The molecule has 0 spiro atoms. The van der Waals surface area contributed by atoms with Crippen molar-refractivity contribution in [1.82, 2.24) is 10.2 Å². The molecule has 29 heavy (non-hydrogen) atoms. The van der Waals surface area contributed by atoms with Crippen molar-refractivity contribution < 1.29 is 9.53 Å². The molecule has 0 saturated carbocycles. The minimum absolute atomic E-state index is 0.0490. The van der Waals surface area contributed by atoms with Crippen molar-refractivity contribution in [1.29, 1.82) is 0 Å². The van der Waals surface area contributed by atoms with Crippen LogP contribution in [0, 0.1) is 0 Å². The number of ether oxygens (including phenoxy) is 1. The van der Waals surface area contributed by atoms with Crippen molar-refractivity contribution in [2.75, 3.05) is 31.6 Å². The molecule has 0 radical (unpaired) electrons. The van der Waals surface area contributed by atoms with Crippen LogP contribution >= 0.6 is 11.8 Å². The normalized spacial score (nSPS) is 16.3. The largest absolute Gasteiger partial charge is 0.490 e. The summed E-state index contributed by atoms with van der Waals surface area (Å²) >= 11 is 1.90. The van der Waals surface area contributed by atoms with Gasteiger partial charge in [0.2, 0.25) is 0 Å². The summed E-state index contributed by atoms with van der Waals surface area (Å²) < 4.78 is 6.20. The molecule has 4 nitrogen and oxygen atoms in total. The third kappa shape index (κ3) is 6.79. The summed E-state index contributed by atoms with van der Waals surface area (Å²) in [6.45, 7) is 5.08. The molecular weight excluding hydrogens is 380 g/mol. The molecule has 5 heteroatoms. The van der Waals surface area contributed by atoms with Crippen LogP contribution in [-0.4, -0.2) is 54.6 Å². The lowest BCUT2D eigenvalue weighted by molar-refractivity contribution is 0.0849. The van der Waals surface area contributed by atoms with Gasteiger partial charge in [0.05, 0.1) is 0 Å². The fourth-order valence-electron chi connectivity index (χ4n) is 3.75. The van der Waals surface area contributed by atoms with Gasteiger partial charge in [-0.25, -0.2) is 0 Å². The number of amides is 1. The van der Waals surface area contributed by atoms with E-state index >= 15 is 0 Å². The molecule has 156 valence electrons. The van der Waals surface area contributed by atoms with Gasteiger partial charge in [-0.3, -0.25) is 9.69 Å². The van der Waals surface area contributed by atoms with Crippen molar-refractivity contribution in [3.05, 3.63) is 65.7 Å². The molecule has 1 heterocycles. The van der Waals surface area contributed by atoms with Crippen molar-refractivity contribution >= 4 is 17.7 Å². The van der Waals surface area contributed by atoms with Crippen LogP contribution in [-0.2, 0) is 6.42 Å². The molecule has 2 aromatic carbocycles. The van der Waals surface area contributed by atoms with E-state index in [4.69, 9.17) is 4.74 Å². The Labute approximate surface area is 179 Å². The first-order valence-corrected chi connectivity index (χ1v) is 11.9. The lowest BCUT2D eigenvalue weighted by Crippen LogP contribution is -2.43. The number of piperidine rings is 1. The van der Waals surface area contributed by atoms with Gasteiger partial charge in [-0.2, -0.15) is 11.8 Å². The number of hydrogen-bond acceptors (Lipinski definition) is 4. The first kappa shape index (κ1) is 21.7. The molecule has 1 saturated heterocycles. The van der Waals surface area contributed by atoms with Gasteiger partial charge in [0.1, 0.15) is 11.9 Å². The highest BCUT2D eigenvalue weighted by molar-refractivity contribution is 7.98. The minimum atomic E-state index is -0.0490. The van der Waals surface area contributed by atoms with Crippen molar-refractivity contribution in [3.8, 4) is 5.75 Å². The highest BCUT2D eigenvalue weighted by Crippen LogP contribution is 2.22. The second kappa shape index (κ2) is 11.3. The van der Waals surface area contributed by atoms with Crippen LogP contribution in [0.15, 0.2) is 54.6 Å². The lowest BCUT2D eigenvalue weighted by atomic mass is 10.1. The van der Waals surface area contributed by atoms with Gasteiger partial charge >= 0.3 is 0 Å². The highest BCUT2D eigenvalue weighted by atomic mass is 32.2. The Morgan fingerprint density at radius 1 is 1.17 bits per heavy atom. The number of nitrogens with zero attached hydrogens (tertiary/aromatic N) is 1. The second-order valence-corrected chi connectivity index (χ2v) is 8.59. The summed E-state index contributed by atoms with van der Waals surface area (Å²) in [5, 5.41) is 3.01. The number of nitrogens with one attached hydrogen (secondary N) is 1. The fourth-order valence-corrected chi connectivity index (χ4v) is 4.44. The van der Waals surface area contributed by atoms with Crippen LogP contribution < -0.4 is 10.1 Å². The Hall–Kier alpha value is -1.98.